The van der Waals surface area contributed by atoms with E-state index in [1.54, 1.807) is 53.5 Å². The van der Waals surface area contributed by atoms with Gasteiger partial charge in [0, 0.05) is 24.3 Å². The first-order chi connectivity index (χ1) is 16.1. The molecular weight excluding hydrogens is 443 g/mol. The summed E-state index contributed by atoms with van der Waals surface area (Å²) in [6.07, 6.45) is 5.35. The molecule has 1 N–H and O–H groups in total. The molecule has 0 saturated carbocycles. The summed E-state index contributed by atoms with van der Waals surface area (Å²) >= 11 is 6.24. The molecule has 0 spiro atoms. The van der Waals surface area contributed by atoms with E-state index in [2.05, 4.69) is 20.6 Å². The van der Waals surface area contributed by atoms with Crippen LogP contribution in [0.2, 0.25) is 5.02 Å². The number of aromatic nitrogens is 5. The molecule has 0 radical (unpaired) electrons. The Morgan fingerprint density at radius 1 is 1.06 bits per heavy atom. The third-order valence-electron chi connectivity index (χ3n) is 5.24. The topological polar surface area (TPSA) is 77.6 Å². The summed E-state index contributed by atoms with van der Waals surface area (Å²) < 4.78 is 16.6. The molecule has 0 saturated heterocycles. The van der Waals surface area contributed by atoms with Crippen LogP contribution in [0.1, 0.15) is 21.6 Å². The van der Waals surface area contributed by atoms with E-state index in [1.165, 1.54) is 12.1 Å². The zero-order valence-electron chi connectivity index (χ0n) is 17.3. The van der Waals surface area contributed by atoms with Crippen molar-refractivity contribution in [3.63, 3.8) is 0 Å². The zero-order chi connectivity index (χ0) is 22.8. The normalized spacial score (nSPS) is 11.1. The van der Waals surface area contributed by atoms with Crippen LogP contribution in [0.25, 0.3) is 16.7 Å². The third-order valence-corrected chi connectivity index (χ3v) is 5.57. The van der Waals surface area contributed by atoms with Crippen LogP contribution in [-0.4, -0.2) is 30.5 Å². The minimum Gasteiger partial charge on any atom is -0.348 e. The van der Waals surface area contributed by atoms with E-state index in [9.17, 15) is 9.18 Å². The van der Waals surface area contributed by atoms with E-state index in [0.717, 1.165) is 16.6 Å². The summed E-state index contributed by atoms with van der Waals surface area (Å²) in [6.45, 7) is 0.738. The Morgan fingerprint density at radius 2 is 1.88 bits per heavy atom. The molecular formula is C24H18ClFN6O. The van der Waals surface area contributed by atoms with Crippen molar-refractivity contribution >= 4 is 28.5 Å². The minimum absolute atomic E-state index is 0.262. The van der Waals surface area contributed by atoms with Gasteiger partial charge in [0.25, 0.3) is 5.91 Å². The molecule has 3 heterocycles. The van der Waals surface area contributed by atoms with Gasteiger partial charge in [-0.1, -0.05) is 41.1 Å². The Morgan fingerprint density at radius 3 is 2.73 bits per heavy atom. The van der Waals surface area contributed by atoms with Gasteiger partial charge in [-0.25, -0.2) is 14.1 Å². The molecule has 0 aliphatic heterocycles. The number of rotatable bonds is 6. The summed E-state index contributed by atoms with van der Waals surface area (Å²) in [5, 5.41) is 12.9. The first kappa shape index (κ1) is 20.8. The lowest BCUT2D eigenvalue weighted by Gasteiger charge is -2.10. The average molecular weight is 461 g/mol. The monoisotopic (exact) mass is 460 g/mol. The second-order valence-electron chi connectivity index (χ2n) is 7.45. The number of carbonyl (C=O) groups is 1. The number of halogens is 2. The fraction of sp³-hybridized carbons (Fsp3) is 0.0833. The Kier molecular flexibility index (Phi) is 5.58. The van der Waals surface area contributed by atoms with E-state index >= 15 is 0 Å². The van der Waals surface area contributed by atoms with Gasteiger partial charge in [0.05, 0.1) is 29.0 Å². The predicted octanol–water partition coefficient (Wildman–Crippen LogP) is 4.39. The van der Waals surface area contributed by atoms with E-state index < -0.39 is 0 Å². The first-order valence-electron chi connectivity index (χ1n) is 10.2. The number of fused-ring (bicyclic) bond motifs is 1. The molecule has 9 heteroatoms. The standard InChI is InChI=1S/C24H18ClFN6O/c25-21-9-11-27-23-19(21)10-12-31(23)14-18-15-32(30-29-18)22-4-2-1-3-20(22)24(33)28-13-16-5-7-17(26)8-6-16/h1-12,15H,13-14H2,(H,28,33). The molecule has 1 amide bonds. The maximum Gasteiger partial charge on any atom is 0.253 e. The summed E-state index contributed by atoms with van der Waals surface area (Å²) in [6, 6.07) is 16.8. The molecule has 7 nitrogen and oxygen atoms in total. The number of pyridine rings is 1. The Labute approximate surface area is 193 Å². The highest BCUT2D eigenvalue weighted by Gasteiger charge is 2.15. The van der Waals surface area contributed by atoms with Crippen molar-refractivity contribution < 1.29 is 9.18 Å². The molecule has 164 valence electrons. The molecule has 0 unspecified atom stereocenters. The van der Waals surface area contributed by atoms with Gasteiger partial charge in [0.2, 0.25) is 0 Å². The number of nitrogens with zero attached hydrogens (tertiary/aromatic N) is 5. The van der Waals surface area contributed by atoms with Crippen LogP contribution < -0.4 is 5.32 Å². The molecule has 0 aliphatic rings. The molecule has 0 fully saturated rings. The van der Waals surface area contributed by atoms with E-state index in [4.69, 9.17) is 11.6 Å². The average Bonchev–Trinajstić information content (AvgIpc) is 3.47. The Hall–Kier alpha value is -4.04. The van der Waals surface area contributed by atoms with Gasteiger partial charge in [-0.15, -0.1) is 5.10 Å². The lowest BCUT2D eigenvalue weighted by Crippen LogP contribution is -2.24. The number of amides is 1. The quantitative estimate of drug-likeness (QED) is 0.407. The maximum absolute atomic E-state index is 13.1. The largest absolute Gasteiger partial charge is 0.348 e. The summed E-state index contributed by atoms with van der Waals surface area (Å²) in [5.41, 5.74) is 3.33. The minimum atomic E-state index is -0.316. The molecule has 33 heavy (non-hydrogen) atoms. The SMILES string of the molecule is O=C(NCc1ccc(F)cc1)c1ccccc1-n1cc(Cn2ccc3c(Cl)ccnc32)nn1. The lowest BCUT2D eigenvalue weighted by atomic mass is 10.1. The van der Waals surface area contributed by atoms with Crippen molar-refractivity contribution in [1.29, 1.82) is 0 Å². The van der Waals surface area contributed by atoms with Crippen LogP contribution in [0.15, 0.2) is 79.3 Å². The van der Waals surface area contributed by atoms with E-state index in [1.807, 2.05) is 22.9 Å². The third kappa shape index (κ3) is 4.33. The molecule has 0 bridgehead atoms. The highest BCUT2D eigenvalue weighted by atomic mass is 35.5. The zero-order valence-corrected chi connectivity index (χ0v) is 18.1. The van der Waals surface area contributed by atoms with Crippen LogP contribution in [0.4, 0.5) is 4.39 Å². The Balaban J connectivity index is 1.35. The highest BCUT2D eigenvalue weighted by Crippen LogP contribution is 2.23. The van der Waals surface area contributed by atoms with Crippen molar-refractivity contribution in [2.75, 3.05) is 0 Å². The van der Waals surface area contributed by atoms with Gasteiger partial charge in [-0.05, 0) is 42.0 Å². The van der Waals surface area contributed by atoms with Crippen LogP contribution in [0, 0.1) is 5.82 Å². The first-order valence-corrected chi connectivity index (χ1v) is 10.6. The molecule has 3 aromatic heterocycles. The van der Waals surface area contributed by atoms with Crippen molar-refractivity contribution in [2.24, 2.45) is 0 Å². The van der Waals surface area contributed by atoms with Crippen molar-refractivity contribution in [1.82, 2.24) is 29.9 Å². The number of para-hydroxylation sites is 1. The summed E-state index contributed by atoms with van der Waals surface area (Å²) in [4.78, 5) is 17.2. The summed E-state index contributed by atoms with van der Waals surface area (Å²) in [5.74, 6) is -0.577. The second kappa shape index (κ2) is 8.84. The van der Waals surface area contributed by atoms with E-state index in [-0.39, 0.29) is 18.3 Å². The number of carbonyl (C=O) groups excluding carboxylic acids is 1. The number of benzene rings is 2. The van der Waals surface area contributed by atoms with Gasteiger partial charge < -0.3 is 9.88 Å². The summed E-state index contributed by atoms with van der Waals surface area (Å²) in [7, 11) is 0. The number of hydrogen-bond donors (Lipinski definition) is 1. The molecule has 2 aromatic carbocycles. The maximum atomic E-state index is 13.1. The van der Waals surface area contributed by atoms with Crippen molar-refractivity contribution in [3.05, 3.63) is 107 Å². The Bertz CT molecular complexity index is 1440. The number of nitrogens with one attached hydrogen (secondary N) is 1. The predicted molar refractivity (Wildman–Crippen MR) is 123 cm³/mol. The van der Waals surface area contributed by atoms with Crippen molar-refractivity contribution in [2.45, 2.75) is 13.1 Å². The van der Waals surface area contributed by atoms with Gasteiger partial charge in [-0.2, -0.15) is 0 Å². The van der Waals surface area contributed by atoms with E-state index in [0.29, 0.717) is 28.5 Å². The fourth-order valence-electron chi connectivity index (χ4n) is 3.59. The molecule has 0 atom stereocenters. The van der Waals surface area contributed by atoms with Gasteiger partial charge in [0.1, 0.15) is 17.2 Å². The highest BCUT2D eigenvalue weighted by molar-refractivity contribution is 6.35. The van der Waals surface area contributed by atoms with Gasteiger partial charge >= 0.3 is 0 Å². The van der Waals surface area contributed by atoms with Gasteiger partial charge in [0.15, 0.2) is 0 Å². The van der Waals surface area contributed by atoms with Crippen LogP contribution in [0.5, 0.6) is 0 Å². The molecule has 0 aliphatic carbocycles. The molecule has 5 aromatic rings. The molecule has 5 rings (SSSR count). The second-order valence-corrected chi connectivity index (χ2v) is 7.86. The van der Waals surface area contributed by atoms with Crippen molar-refractivity contribution in [3.8, 4) is 5.69 Å². The van der Waals surface area contributed by atoms with Crippen LogP contribution >= 0.6 is 11.6 Å². The van der Waals surface area contributed by atoms with Crippen LogP contribution in [0.3, 0.4) is 0 Å². The number of hydrogen-bond acceptors (Lipinski definition) is 4. The smallest absolute Gasteiger partial charge is 0.253 e. The fourth-order valence-corrected chi connectivity index (χ4v) is 3.80. The van der Waals surface area contributed by atoms with Crippen LogP contribution in [-0.2, 0) is 13.1 Å². The van der Waals surface area contributed by atoms with Gasteiger partial charge in [-0.3, -0.25) is 4.79 Å². The lowest BCUT2D eigenvalue weighted by molar-refractivity contribution is 0.0950.